The van der Waals surface area contributed by atoms with Crippen LogP contribution in [-0.4, -0.2) is 36.1 Å². The van der Waals surface area contributed by atoms with Crippen molar-refractivity contribution in [3.8, 4) is 0 Å². The molecule has 9 heteroatoms. The number of carbonyl (C=O) groups is 1. The highest BCUT2D eigenvalue weighted by atomic mass is 32.2. The highest BCUT2D eigenvalue weighted by Gasteiger charge is 2.21. The van der Waals surface area contributed by atoms with E-state index in [2.05, 4.69) is 15.4 Å². The Morgan fingerprint density at radius 3 is 2.21 bits per heavy atom. The molecule has 174 valence electrons. The van der Waals surface area contributed by atoms with Crippen LogP contribution in [0.4, 0.5) is 5.69 Å². The van der Waals surface area contributed by atoms with Crippen LogP contribution in [0, 0.1) is 6.92 Å². The standard InChI is InChI=1S/C25H25N5O3S/c1-19-3-13-24(14-4-19)34(32,33)29(2)23-11-9-22(10-12-23)25(31)27-15-20-5-7-21(8-6-20)16-30-18-26-17-28-30/h3-14,17-18H,15-16H2,1-2H3,(H,27,31). The fourth-order valence-corrected chi connectivity index (χ4v) is 4.57. The normalized spacial score (nSPS) is 11.2. The predicted octanol–water partition coefficient (Wildman–Crippen LogP) is 3.39. The average molecular weight is 476 g/mol. The number of nitrogens with one attached hydrogen (secondary N) is 1. The predicted molar refractivity (Wildman–Crippen MR) is 130 cm³/mol. The smallest absolute Gasteiger partial charge is 0.264 e. The Morgan fingerprint density at radius 1 is 0.941 bits per heavy atom. The number of sulfonamides is 1. The van der Waals surface area contributed by atoms with E-state index >= 15 is 0 Å². The second kappa shape index (κ2) is 9.88. The van der Waals surface area contributed by atoms with Crippen molar-refractivity contribution in [1.82, 2.24) is 20.1 Å². The minimum Gasteiger partial charge on any atom is -0.348 e. The van der Waals surface area contributed by atoms with E-state index in [1.165, 1.54) is 17.7 Å². The number of carbonyl (C=O) groups excluding carboxylic acids is 1. The van der Waals surface area contributed by atoms with Gasteiger partial charge in [-0.2, -0.15) is 5.10 Å². The average Bonchev–Trinajstić information content (AvgIpc) is 3.36. The summed E-state index contributed by atoms with van der Waals surface area (Å²) in [6.07, 6.45) is 3.16. The first-order valence-electron chi connectivity index (χ1n) is 10.7. The van der Waals surface area contributed by atoms with Crippen LogP contribution >= 0.6 is 0 Å². The van der Waals surface area contributed by atoms with Crippen molar-refractivity contribution in [3.63, 3.8) is 0 Å². The molecule has 0 fully saturated rings. The van der Waals surface area contributed by atoms with Gasteiger partial charge in [-0.25, -0.2) is 18.1 Å². The van der Waals surface area contributed by atoms with Gasteiger partial charge in [-0.15, -0.1) is 0 Å². The van der Waals surface area contributed by atoms with Gasteiger partial charge >= 0.3 is 0 Å². The van der Waals surface area contributed by atoms with Crippen molar-refractivity contribution in [2.45, 2.75) is 24.9 Å². The molecule has 0 aliphatic carbocycles. The van der Waals surface area contributed by atoms with Gasteiger partial charge in [-0.1, -0.05) is 42.0 Å². The monoisotopic (exact) mass is 475 g/mol. The van der Waals surface area contributed by atoms with E-state index < -0.39 is 10.0 Å². The lowest BCUT2D eigenvalue weighted by Gasteiger charge is -2.20. The zero-order chi connectivity index (χ0) is 24.1. The molecule has 3 aromatic carbocycles. The molecule has 1 heterocycles. The number of aryl methyl sites for hydroxylation is 1. The minimum atomic E-state index is -3.68. The molecular formula is C25H25N5O3S. The zero-order valence-electron chi connectivity index (χ0n) is 18.9. The van der Waals surface area contributed by atoms with Gasteiger partial charge in [0.25, 0.3) is 15.9 Å². The number of nitrogens with zero attached hydrogens (tertiary/aromatic N) is 4. The molecule has 34 heavy (non-hydrogen) atoms. The van der Waals surface area contributed by atoms with E-state index in [0.29, 0.717) is 24.3 Å². The van der Waals surface area contributed by atoms with Gasteiger partial charge < -0.3 is 5.32 Å². The van der Waals surface area contributed by atoms with Crippen molar-refractivity contribution in [2.24, 2.45) is 0 Å². The molecule has 1 amide bonds. The Kier molecular flexibility index (Phi) is 6.74. The Bertz CT molecular complexity index is 1350. The number of benzene rings is 3. The van der Waals surface area contributed by atoms with Gasteiger partial charge in [-0.3, -0.25) is 9.10 Å². The van der Waals surface area contributed by atoms with E-state index in [9.17, 15) is 13.2 Å². The lowest BCUT2D eigenvalue weighted by Crippen LogP contribution is -2.27. The quantitative estimate of drug-likeness (QED) is 0.421. The second-order valence-corrected chi connectivity index (χ2v) is 9.89. The molecule has 0 bridgehead atoms. The summed E-state index contributed by atoms with van der Waals surface area (Å²) >= 11 is 0. The Labute approximate surface area is 198 Å². The molecule has 1 aromatic heterocycles. The highest BCUT2D eigenvalue weighted by molar-refractivity contribution is 7.92. The van der Waals surface area contributed by atoms with Crippen molar-refractivity contribution < 1.29 is 13.2 Å². The largest absolute Gasteiger partial charge is 0.348 e. The molecule has 4 aromatic rings. The van der Waals surface area contributed by atoms with E-state index in [1.807, 2.05) is 31.2 Å². The summed E-state index contributed by atoms with van der Waals surface area (Å²) < 4.78 is 28.7. The maximum absolute atomic E-state index is 12.9. The summed E-state index contributed by atoms with van der Waals surface area (Å²) in [4.78, 5) is 16.7. The summed E-state index contributed by atoms with van der Waals surface area (Å²) in [5, 5.41) is 6.98. The maximum Gasteiger partial charge on any atom is 0.264 e. The third-order valence-electron chi connectivity index (χ3n) is 5.46. The molecular weight excluding hydrogens is 450 g/mol. The molecule has 0 aliphatic rings. The maximum atomic E-state index is 12.9. The molecule has 0 saturated heterocycles. The number of rotatable bonds is 8. The number of anilines is 1. The summed E-state index contributed by atoms with van der Waals surface area (Å²) in [7, 11) is -2.19. The third kappa shape index (κ3) is 5.32. The van der Waals surface area contributed by atoms with E-state index in [-0.39, 0.29) is 10.8 Å². The van der Waals surface area contributed by atoms with Gasteiger partial charge in [0, 0.05) is 19.2 Å². The molecule has 0 spiro atoms. The summed E-state index contributed by atoms with van der Waals surface area (Å²) in [6, 6.07) is 21.1. The Balaban J connectivity index is 1.36. The van der Waals surface area contributed by atoms with Gasteiger partial charge in [0.15, 0.2) is 0 Å². The summed E-state index contributed by atoms with van der Waals surface area (Å²) in [5.41, 5.74) is 3.96. The van der Waals surface area contributed by atoms with Gasteiger partial charge in [0.2, 0.25) is 0 Å². The molecule has 4 rings (SSSR count). The van der Waals surface area contributed by atoms with E-state index in [4.69, 9.17) is 0 Å². The fourth-order valence-electron chi connectivity index (χ4n) is 3.38. The number of hydrogen-bond acceptors (Lipinski definition) is 5. The van der Waals surface area contributed by atoms with Gasteiger partial charge in [0.1, 0.15) is 12.7 Å². The Morgan fingerprint density at radius 2 is 1.59 bits per heavy atom. The minimum absolute atomic E-state index is 0.217. The fraction of sp³-hybridized carbons (Fsp3) is 0.160. The summed E-state index contributed by atoms with van der Waals surface area (Å²) in [6.45, 7) is 2.92. The topological polar surface area (TPSA) is 97.2 Å². The van der Waals surface area contributed by atoms with Crippen molar-refractivity contribution in [3.05, 3.63) is 108 Å². The van der Waals surface area contributed by atoms with Crippen LogP contribution in [0.3, 0.4) is 0 Å². The van der Waals surface area contributed by atoms with Crippen molar-refractivity contribution in [1.29, 1.82) is 0 Å². The molecule has 0 unspecified atom stereocenters. The van der Waals surface area contributed by atoms with Gasteiger partial charge in [-0.05, 0) is 54.4 Å². The Hall–Kier alpha value is -3.98. The van der Waals surface area contributed by atoms with Crippen LogP contribution in [0.25, 0.3) is 0 Å². The molecule has 1 N–H and O–H groups in total. The highest BCUT2D eigenvalue weighted by Crippen LogP contribution is 2.22. The van der Waals surface area contributed by atoms with Crippen LogP contribution in [0.5, 0.6) is 0 Å². The number of aromatic nitrogens is 3. The zero-order valence-corrected chi connectivity index (χ0v) is 19.7. The first-order chi connectivity index (χ1) is 16.3. The molecule has 8 nitrogen and oxygen atoms in total. The van der Waals surface area contributed by atoms with Crippen LogP contribution < -0.4 is 9.62 Å². The molecule has 0 aliphatic heterocycles. The lowest BCUT2D eigenvalue weighted by molar-refractivity contribution is 0.0951. The lowest BCUT2D eigenvalue weighted by atomic mass is 10.1. The van der Waals surface area contributed by atoms with Crippen molar-refractivity contribution in [2.75, 3.05) is 11.4 Å². The molecule has 0 saturated carbocycles. The summed E-state index contributed by atoms with van der Waals surface area (Å²) in [5.74, 6) is -0.234. The van der Waals surface area contributed by atoms with Crippen LogP contribution in [0.15, 0.2) is 90.3 Å². The number of amides is 1. The van der Waals surface area contributed by atoms with Crippen LogP contribution in [0.2, 0.25) is 0 Å². The SMILES string of the molecule is Cc1ccc(S(=O)(=O)N(C)c2ccc(C(=O)NCc3ccc(Cn4cncn4)cc3)cc2)cc1. The van der Waals surface area contributed by atoms with Gasteiger partial charge in [0.05, 0.1) is 17.1 Å². The third-order valence-corrected chi connectivity index (χ3v) is 7.26. The van der Waals surface area contributed by atoms with Crippen LogP contribution in [0.1, 0.15) is 27.0 Å². The van der Waals surface area contributed by atoms with Crippen molar-refractivity contribution >= 4 is 21.6 Å². The van der Waals surface area contributed by atoms with E-state index in [0.717, 1.165) is 16.7 Å². The number of hydrogen-bond donors (Lipinski definition) is 1. The molecule has 0 atom stereocenters. The first-order valence-corrected chi connectivity index (χ1v) is 12.1. The van der Waals surface area contributed by atoms with E-state index in [1.54, 1.807) is 59.5 Å². The second-order valence-electron chi connectivity index (χ2n) is 7.92. The first kappa shape index (κ1) is 23.2. The molecule has 0 radical (unpaired) electrons. The van der Waals surface area contributed by atoms with Crippen LogP contribution in [-0.2, 0) is 23.1 Å².